The maximum atomic E-state index is 12.6. The number of amides is 2. The maximum Gasteiger partial charge on any atom is 0.317 e. The van der Waals surface area contributed by atoms with Gasteiger partial charge >= 0.3 is 16.1 Å². The van der Waals surface area contributed by atoms with Gasteiger partial charge in [0, 0.05) is 43.0 Å². The molecule has 0 spiro atoms. The van der Waals surface area contributed by atoms with E-state index in [2.05, 4.69) is 10.2 Å². The van der Waals surface area contributed by atoms with Gasteiger partial charge in [-0.1, -0.05) is 19.9 Å². The normalized spacial score (nSPS) is 11.6. The quantitative estimate of drug-likeness (QED) is 0.595. The molecular formula is C20H35N3O4S. The van der Waals surface area contributed by atoms with Gasteiger partial charge in [0.25, 0.3) is 0 Å². The van der Waals surface area contributed by atoms with Gasteiger partial charge in [-0.25, -0.2) is 4.79 Å². The van der Waals surface area contributed by atoms with Crippen LogP contribution in [0.1, 0.15) is 47.1 Å². The van der Waals surface area contributed by atoms with Gasteiger partial charge in [0.1, 0.15) is 5.75 Å². The fraction of sp³-hybridized carbons (Fsp3) is 0.650. The fourth-order valence-corrected chi connectivity index (χ4v) is 3.39. The van der Waals surface area contributed by atoms with Gasteiger partial charge in [0.15, 0.2) is 0 Å². The van der Waals surface area contributed by atoms with Gasteiger partial charge in [-0.3, -0.25) is 0 Å². The van der Waals surface area contributed by atoms with Crippen LogP contribution in [0.2, 0.25) is 0 Å². The number of rotatable bonds is 10. The number of anilines is 1. The molecule has 7 nitrogen and oxygen atoms in total. The molecule has 160 valence electrons. The molecular weight excluding hydrogens is 378 g/mol. The standard InChI is InChI=1S/C20H35N3O4S/c1-8-22(9-2)18-11-10-17(19(12-18)27-28(7,25)26)14-23(13-15(3)4)20(24)21-16(5)6/h10-12,15-16H,8-9,13-14H2,1-7H3,(H,21,24). The Morgan fingerprint density at radius 2 is 1.75 bits per heavy atom. The molecule has 0 aromatic heterocycles. The molecule has 0 unspecified atom stereocenters. The number of carbonyl (C=O) groups excluding carboxylic acids is 1. The van der Waals surface area contributed by atoms with E-state index in [0.29, 0.717) is 12.1 Å². The van der Waals surface area contributed by atoms with E-state index in [1.807, 2.05) is 53.7 Å². The minimum atomic E-state index is -3.69. The zero-order valence-corrected chi connectivity index (χ0v) is 19.0. The second-order valence-corrected chi connectivity index (χ2v) is 9.21. The summed E-state index contributed by atoms with van der Waals surface area (Å²) in [6.07, 6.45) is 1.03. The summed E-state index contributed by atoms with van der Waals surface area (Å²) >= 11 is 0. The summed E-state index contributed by atoms with van der Waals surface area (Å²) in [4.78, 5) is 16.4. The Bertz CT molecular complexity index is 744. The fourth-order valence-electron chi connectivity index (χ4n) is 2.90. The summed E-state index contributed by atoms with van der Waals surface area (Å²) in [5.41, 5.74) is 1.54. The van der Waals surface area contributed by atoms with Crippen LogP contribution in [0.3, 0.4) is 0 Å². The molecule has 0 saturated heterocycles. The van der Waals surface area contributed by atoms with Crippen molar-refractivity contribution in [3.05, 3.63) is 23.8 Å². The van der Waals surface area contributed by atoms with Crippen LogP contribution in [-0.2, 0) is 16.7 Å². The summed E-state index contributed by atoms with van der Waals surface area (Å²) in [6.45, 7) is 14.4. The number of nitrogens with zero attached hydrogens (tertiary/aromatic N) is 2. The van der Waals surface area contributed by atoms with Crippen molar-refractivity contribution < 1.29 is 17.4 Å². The Morgan fingerprint density at radius 3 is 2.21 bits per heavy atom. The highest BCUT2D eigenvalue weighted by Crippen LogP contribution is 2.28. The topological polar surface area (TPSA) is 79.0 Å². The average molecular weight is 414 g/mol. The molecule has 0 atom stereocenters. The molecule has 0 heterocycles. The molecule has 1 N–H and O–H groups in total. The molecule has 0 fully saturated rings. The van der Waals surface area contributed by atoms with Crippen molar-refractivity contribution in [1.82, 2.24) is 10.2 Å². The van der Waals surface area contributed by atoms with Gasteiger partial charge in [-0.15, -0.1) is 0 Å². The van der Waals surface area contributed by atoms with Gasteiger partial charge < -0.3 is 19.3 Å². The molecule has 0 aliphatic carbocycles. The Balaban J connectivity index is 3.28. The van der Waals surface area contributed by atoms with Crippen LogP contribution in [0, 0.1) is 5.92 Å². The largest absolute Gasteiger partial charge is 0.382 e. The number of hydrogen-bond acceptors (Lipinski definition) is 5. The Morgan fingerprint density at radius 1 is 1.14 bits per heavy atom. The SMILES string of the molecule is CCN(CC)c1ccc(CN(CC(C)C)C(=O)NC(C)C)c(OS(C)(=O)=O)c1. The molecule has 0 bridgehead atoms. The summed E-state index contributed by atoms with van der Waals surface area (Å²) in [5, 5.41) is 2.90. The van der Waals surface area contributed by atoms with Crippen LogP contribution in [0.4, 0.5) is 10.5 Å². The molecule has 0 radical (unpaired) electrons. The lowest BCUT2D eigenvalue weighted by atomic mass is 10.1. The molecule has 0 aliphatic rings. The second-order valence-electron chi connectivity index (χ2n) is 7.63. The highest BCUT2D eigenvalue weighted by molar-refractivity contribution is 7.86. The van der Waals surface area contributed by atoms with Gasteiger partial charge in [0.2, 0.25) is 0 Å². The first-order chi connectivity index (χ1) is 13.0. The van der Waals surface area contributed by atoms with Crippen molar-refractivity contribution in [3.8, 4) is 5.75 Å². The first kappa shape index (κ1) is 24.1. The minimum absolute atomic E-state index is 0.0129. The van der Waals surface area contributed by atoms with E-state index < -0.39 is 10.1 Å². The van der Waals surface area contributed by atoms with Crippen LogP contribution in [0.25, 0.3) is 0 Å². The summed E-state index contributed by atoms with van der Waals surface area (Å²) in [5.74, 6) is 0.533. The van der Waals surface area contributed by atoms with Crippen molar-refractivity contribution in [1.29, 1.82) is 0 Å². The summed E-state index contributed by atoms with van der Waals surface area (Å²) < 4.78 is 28.8. The van der Waals surface area contributed by atoms with E-state index in [1.165, 1.54) is 0 Å². The minimum Gasteiger partial charge on any atom is -0.382 e. The second kappa shape index (κ2) is 10.5. The number of hydrogen-bond donors (Lipinski definition) is 1. The van der Waals surface area contributed by atoms with Crippen molar-refractivity contribution in [3.63, 3.8) is 0 Å². The van der Waals surface area contributed by atoms with Crippen LogP contribution in [-0.4, -0.2) is 51.3 Å². The number of nitrogens with one attached hydrogen (secondary N) is 1. The predicted molar refractivity (Wildman–Crippen MR) is 114 cm³/mol. The molecule has 8 heteroatoms. The van der Waals surface area contributed by atoms with E-state index in [-0.39, 0.29) is 30.3 Å². The third-order valence-electron chi connectivity index (χ3n) is 4.07. The van der Waals surface area contributed by atoms with E-state index in [4.69, 9.17) is 4.18 Å². The first-order valence-corrected chi connectivity index (χ1v) is 11.6. The highest BCUT2D eigenvalue weighted by atomic mass is 32.2. The number of urea groups is 1. The average Bonchev–Trinajstić information content (AvgIpc) is 2.55. The van der Waals surface area contributed by atoms with E-state index in [0.717, 1.165) is 25.0 Å². The molecule has 1 aromatic carbocycles. The third-order valence-corrected chi connectivity index (χ3v) is 4.55. The van der Waals surface area contributed by atoms with Crippen LogP contribution in [0.15, 0.2) is 18.2 Å². The Labute approximate surface area is 170 Å². The van der Waals surface area contributed by atoms with Crippen molar-refractivity contribution in [2.45, 2.75) is 54.1 Å². The Kier molecular flexibility index (Phi) is 9.07. The monoisotopic (exact) mass is 413 g/mol. The van der Waals surface area contributed by atoms with Crippen molar-refractivity contribution in [2.75, 3.05) is 30.8 Å². The molecule has 28 heavy (non-hydrogen) atoms. The highest BCUT2D eigenvalue weighted by Gasteiger charge is 2.20. The third kappa shape index (κ3) is 7.96. The molecule has 0 aliphatic heterocycles. The van der Waals surface area contributed by atoms with E-state index >= 15 is 0 Å². The zero-order valence-electron chi connectivity index (χ0n) is 18.2. The molecule has 1 rings (SSSR count). The lowest BCUT2D eigenvalue weighted by molar-refractivity contribution is 0.185. The van der Waals surface area contributed by atoms with Crippen molar-refractivity contribution in [2.24, 2.45) is 5.92 Å². The van der Waals surface area contributed by atoms with Crippen LogP contribution >= 0.6 is 0 Å². The summed E-state index contributed by atoms with van der Waals surface area (Å²) in [7, 11) is -3.69. The van der Waals surface area contributed by atoms with Crippen LogP contribution < -0.4 is 14.4 Å². The first-order valence-electron chi connectivity index (χ1n) is 9.79. The Hall–Kier alpha value is -1.96. The lowest BCUT2D eigenvalue weighted by Gasteiger charge is -2.27. The molecule has 2 amide bonds. The van der Waals surface area contributed by atoms with Gasteiger partial charge in [-0.2, -0.15) is 8.42 Å². The molecule has 1 aromatic rings. The maximum absolute atomic E-state index is 12.6. The zero-order chi connectivity index (χ0) is 21.5. The van der Waals surface area contributed by atoms with E-state index in [9.17, 15) is 13.2 Å². The lowest BCUT2D eigenvalue weighted by Crippen LogP contribution is -2.44. The predicted octanol–water partition coefficient (Wildman–Crippen LogP) is 3.45. The van der Waals surface area contributed by atoms with Crippen LogP contribution in [0.5, 0.6) is 5.75 Å². The number of carbonyl (C=O) groups is 1. The molecule has 0 saturated carbocycles. The smallest absolute Gasteiger partial charge is 0.317 e. The summed E-state index contributed by atoms with van der Waals surface area (Å²) in [6, 6.07) is 5.34. The van der Waals surface area contributed by atoms with Gasteiger partial charge in [-0.05, 0) is 39.7 Å². The van der Waals surface area contributed by atoms with Crippen molar-refractivity contribution >= 4 is 21.8 Å². The van der Waals surface area contributed by atoms with Gasteiger partial charge in [0.05, 0.1) is 12.8 Å². The van der Waals surface area contributed by atoms with E-state index in [1.54, 1.807) is 11.0 Å². The number of benzene rings is 1.